The van der Waals surface area contributed by atoms with E-state index in [0.29, 0.717) is 16.7 Å². The number of hydrogen-bond donors (Lipinski definition) is 15. The normalized spacial score (nSPS) is 12.9. The van der Waals surface area contributed by atoms with E-state index in [2.05, 4.69) is 26.6 Å². The molecular formula is C63H77N5O26. The number of fused-ring (bicyclic) bond motifs is 6. The van der Waals surface area contributed by atoms with Crippen LogP contribution in [0.1, 0.15) is 188 Å². The molecule has 0 radical (unpaired) electrons. The van der Waals surface area contributed by atoms with Crippen LogP contribution in [0.3, 0.4) is 0 Å². The predicted octanol–water partition coefficient (Wildman–Crippen LogP) is 5.33. The maximum Gasteiger partial charge on any atom is 0.340 e. The van der Waals surface area contributed by atoms with E-state index in [1.165, 1.54) is 54.6 Å². The Morgan fingerprint density at radius 2 is 0.702 bits per heavy atom. The quantitative estimate of drug-likeness (QED) is 0.0319. The minimum Gasteiger partial charge on any atom is -0.508 e. The molecule has 0 unspecified atom stereocenters. The number of amides is 5. The van der Waals surface area contributed by atoms with E-state index in [0.717, 1.165) is 0 Å². The molecule has 0 fully saturated rings. The van der Waals surface area contributed by atoms with Crippen LogP contribution in [0, 0.1) is 5.41 Å². The number of phenols is 2. The first kappa shape index (κ1) is 74.4. The van der Waals surface area contributed by atoms with Crippen molar-refractivity contribution < 1.29 is 128 Å². The van der Waals surface area contributed by atoms with Gasteiger partial charge in [-0.3, -0.25) is 62.3 Å². The topological polar surface area (TPSA) is 520 Å². The van der Waals surface area contributed by atoms with Gasteiger partial charge in [0.15, 0.2) is 5.60 Å². The number of rotatable bonds is 42. The molecule has 0 bridgehead atoms. The van der Waals surface area contributed by atoms with Gasteiger partial charge in [0.25, 0.3) is 0 Å². The summed E-state index contributed by atoms with van der Waals surface area (Å²) in [7, 11) is 0. The van der Waals surface area contributed by atoms with Crippen LogP contribution < -0.4 is 31.3 Å². The Morgan fingerprint density at radius 1 is 0.394 bits per heavy atom. The highest BCUT2D eigenvalue weighted by molar-refractivity contribution is 6.00. The van der Waals surface area contributed by atoms with Gasteiger partial charge in [-0.2, -0.15) is 0 Å². The van der Waals surface area contributed by atoms with Crippen molar-refractivity contribution >= 4 is 88.9 Å². The number of carbonyl (C=O) groups is 14. The zero-order chi connectivity index (χ0) is 69.8. The van der Waals surface area contributed by atoms with Crippen LogP contribution in [0.25, 0.3) is 0 Å². The predicted molar refractivity (Wildman–Crippen MR) is 322 cm³/mol. The third-order valence-corrected chi connectivity index (χ3v) is 17.0. The molecule has 15 N–H and O–H groups in total. The van der Waals surface area contributed by atoms with Gasteiger partial charge in [0.2, 0.25) is 29.5 Å². The molecule has 5 amide bonds. The van der Waals surface area contributed by atoms with Gasteiger partial charge >= 0.3 is 53.7 Å². The summed E-state index contributed by atoms with van der Waals surface area (Å²) in [6.45, 7) is 0.873. The van der Waals surface area contributed by atoms with Crippen LogP contribution in [-0.2, 0) is 72.7 Å². The van der Waals surface area contributed by atoms with Gasteiger partial charge in [-0.25, -0.2) is 4.79 Å². The first-order valence-electron chi connectivity index (χ1n) is 30.1. The SMILES string of the molecule is CC(CCC(=O)NC(CCC(=O)O)(CCC(=O)O)CCC(=O)O)(CCC(=O)NC(CCC(=O)O)(CCC(=O)O)CCC(=O)O)CCC(=O)NC(CCC(=O)O)(CCC(=O)O)CCC(=O)NCC(=O)Nc1ccc2c(c1)C(=O)OC21c2ccc(O)cc2Oc2cc(O)ccc21. The molecule has 0 aliphatic carbocycles. The fourth-order valence-electron chi connectivity index (χ4n) is 11.8. The first-order chi connectivity index (χ1) is 44.1. The lowest BCUT2D eigenvalue weighted by molar-refractivity contribution is -0.141. The fraction of sp³-hybridized carbons (Fsp3) is 0.492. The number of carbonyl (C=O) groups excluding carboxylic acids is 6. The Labute approximate surface area is 536 Å². The molecule has 2 aliphatic rings. The van der Waals surface area contributed by atoms with E-state index in [-0.39, 0.29) is 92.0 Å². The minimum atomic E-state index is -1.73. The molecule has 1 spiro atoms. The lowest BCUT2D eigenvalue weighted by Gasteiger charge is -2.37. The average molecular weight is 1320 g/mol. The summed E-state index contributed by atoms with van der Waals surface area (Å²) in [6, 6.07) is 12.7. The molecule has 0 atom stereocenters. The van der Waals surface area contributed by atoms with Crippen LogP contribution in [0.5, 0.6) is 23.0 Å². The van der Waals surface area contributed by atoms with Crippen LogP contribution in [0.2, 0.25) is 0 Å². The number of carboxylic acids is 8. The largest absolute Gasteiger partial charge is 0.508 e. The molecule has 31 nitrogen and oxygen atoms in total. The van der Waals surface area contributed by atoms with E-state index in [4.69, 9.17) is 9.47 Å². The second-order valence-electron chi connectivity index (χ2n) is 24.1. The van der Waals surface area contributed by atoms with Crippen molar-refractivity contribution in [1.29, 1.82) is 0 Å². The fourth-order valence-corrected chi connectivity index (χ4v) is 11.8. The molecule has 0 saturated heterocycles. The summed E-state index contributed by atoms with van der Waals surface area (Å²) in [5.41, 5.74) is -6.81. The van der Waals surface area contributed by atoms with Crippen LogP contribution in [0.4, 0.5) is 5.69 Å². The Morgan fingerprint density at radius 3 is 1.03 bits per heavy atom. The third kappa shape index (κ3) is 21.9. The number of benzene rings is 3. The van der Waals surface area contributed by atoms with E-state index in [9.17, 15) is 118 Å². The highest BCUT2D eigenvalue weighted by Gasteiger charge is 2.54. The zero-order valence-electron chi connectivity index (χ0n) is 51.4. The van der Waals surface area contributed by atoms with E-state index in [1.807, 2.05) is 0 Å². The minimum absolute atomic E-state index is 0.0260. The molecule has 2 aliphatic heterocycles. The standard InChI is InChI=1S/C63H77N5O26/c1-59(21-9-47(73)67-61(26-14-52(80)81,27-15-53(82)83)28-16-54(84)85,22-10-48(74)68-62(29-17-55(86)87,30-18-56(88)89)31-19-57(90)91)20-8-46(72)66-60(24-12-50(76)77,25-13-51(78)79)23-11-45(71)64-35-49(75)65-36-2-5-40-39(32-36)58(92)94-63(40)41-6-3-37(69)33-43(41)93-44-34-38(70)4-7-42(44)63/h2-7,32-34,69-70H,8-31,35H2,1H3,(H,64,71)(H,65,75)(H,66,72)(H,67,73)(H,68,74)(H,76,77)(H,78,79)(H,80,81)(H,82,83)(H,84,85)(H,86,87)(H,88,89)(H,90,91). The van der Waals surface area contributed by atoms with Crippen LogP contribution >= 0.6 is 0 Å². The lowest BCUT2D eigenvalue weighted by atomic mass is 9.76. The van der Waals surface area contributed by atoms with Crippen molar-refractivity contribution in [3.8, 4) is 23.0 Å². The summed E-state index contributed by atoms with van der Waals surface area (Å²) < 4.78 is 12.0. The van der Waals surface area contributed by atoms with Gasteiger partial charge in [-0.1, -0.05) is 13.0 Å². The van der Waals surface area contributed by atoms with Gasteiger partial charge in [0.1, 0.15) is 23.0 Å². The summed E-state index contributed by atoms with van der Waals surface area (Å²) >= 11 is 0. The molecule has 94 heavy (non-hydrogen) atoms. The molecule has 510 valence electrons. The van der Waals surface area contributed by atoms with Crippen LogP contribution in [-0.4, -0.2) is 157 Å². The molecule has 3 aromatic carbocycles. The van der Waals surface area contributed by atoms with Crippen molar-refractivity contribution in [3.63, 3.8) is 0 Å². The number of hydrogen-bond acceptors (Lipinski definition) is 18. The number of anilines is 1. The highest BCUT2D eigenvalue weighted by Crippen LogP contribution is 2.57. The number of ether oxygens (including phenoxy) is 2. The molecule has 31 heteroatoms. The molecule has 3 aromatic rings. The summed E-state index contributed by atoms with van der Waals surface area (Å²) in [5.74, 6) is -15.7. The maximum atomic E-state index is 14.3. The van der Waals surface area contributed by atoms with Gasteiger partial charge in [0.05, 0.1) is 12.1 Å². The Hall–Kier alpha value is -10.4. The van der Waals surface area contributed by atoms with E-state index >= 15 is 0 Å². The highest BCUT2D eigenvalue weighted by atomic mass is 16.6. The lowest BCUT2D eigenvalue weighted by Crippen LogP contribution is -2.50. The van der Waals surface area contributed by atoms with Gasteiger partial charge < -0.3 is 87.1 Å². The van der Waals surface area contributed by atoms with Gasteiger partial charge in [-0.15, -0.1) is 0 Å². The number of nitrogens with one attached hydrogen (secondary N) is 5. The van der Waals surface area contributed by atoms with Gasteiger partial charge in [0, 0.05) is 128 Å². The number of aliphatic carboxylic acids is 8. The summed E-state index contributed by atoms with van der Waals surface area (Å²) in [5, 5.41) is 110. The second kappa shape index (κ2) is 32.8. The summed E-state index contributed by atoms with van der Waals surface area (Å²) in [4.78, 5) is 177. The maximum absolute atomic E-state index is 14.3. The van der Waals surface area contributed by atoms with E-state index in [1.54, 1.807) is 6.92 Å². The van der Waals surface area contributed by atoms with Crippen molar-refractivity contribution in [1.82, 2.24) is 21.3 Å². The van der Waals surface area contributed by atoms with Crippen molar-refractivity contribution in [2.24, 2.45) is 5.41 Å². The number of esters is 1. The zero-order valence-corrected chi connectivity index (χ0v) is 51.4. The molecule has 2 heterocycles. The number of aromatic hydroxyl groups is 2. The first-order valence-corrected chi connectivity index (χ1v) is 30.1. The summed E-state index contributed by atoms with van der Waals surface area (Å²) in [6.07, 6.45) is -11.1. The molecule has 5 rings (SSSR count). The van der Waals surface area contributed by atoms with E-state index < -0.39 is 214 Å². The third-order valence-electron chi connectivity index (χ3n) is 17.0. The van der Waals surface area contributed by atoms with Crippen molar-refractivity contribution in [3.05, 3.63) is 76.9 Å². The smallest absolute Gasteiger partial charge is 0.340 e. The average Bonchev–Trinajstić information content (AvgIpc) is 1.46. The van der Waals surface area contributed by atoms with Crippen LogP contribution in [0.15, 0.2) is 54.6 Å². The monoisotopic (exact) mass is 1320 g/mol. The Balaban J connectivity index is 1.36. The van der Waals surface area contributed by atoms with Gasteiger partial charge in [-0.05, 0) is 119 Å². The Kier molecular flexibility index (Phi) is 25.9. The molecular weight excluding hydrogens is 1240 g/mol. The number of phenolic OH excluding ortho intramolecular Hbond substituents is 2. The molecule has 0 aromatic heterocycles. The Bertz CT molecular complexity index is 3170. The second-order valence-corrected chi connectivity index (χ2v) is 24.1. The van der Waals surface area contributed by atoms with Crippen molar-refractivity contribution in [2.75, 3.05) is 11.9 Å². The number of carboxylic acid groups (broad SMARTS) is 8. The van der Waals surface area contributed by atoms with Crippen molar-refractivity contribution in [2.45, 2.75) is 183 Å². The molecule has 0 saturated carbocycles.